The lowest BCUT2D eigenvalue weighted by Gasteiger charge is -2.08. The van der Waals surface area contributed by atoms with E-state index in [1.807, 2.05) is 0 Å². The van der Waals surface area contributed by atoms with Gasteiger partial charge in [-0.25, -0.2) is 13.2 Å². The van der Waals surface area contributed by atoms with Gasteiger partial charge in [-0.05, 0) is 31.2 Å². The van der Waals surface area contributed by atoms with Gasteiger partial charge in [-0.2, -0.15) is 0 Å². The summed E-state index contributed by atoms with van der Waals surface area (Å²) < 4.78 is 67.5. The number of alkyl halides is 3. The molecule has 5 nitrogen and oxygen atoms in total. The Bertz CT molecular complexity index is 617. The molecule has 116 valence electrons. The van der Waals surface area contributed by atoms with E-state index < -0.39 is 27.9 Å². The van der Waals surface area contributed by atoms with Gasteiger partial charge in [-0.3, -0.25) is 0 Å². The molecule has 1 aromatic carbocycles. The maximum absolute atomic E-state index is 12.0. The molecule has 0 bridgehead atoms. The van der Waals surface area contributed by atoms with E-state index in [0.29, 0.717) is 5.41 Å². The monoisotopic (exact) mass is 324 g/mol. The zero-order valence-electron chi connectivity index (χ0n) is 10.8. The third-order valence-corrected chi connectivity index (χ3v) is 3.48. The minimum Gasteiger partial charge on any atom is -0.463 e. The van der Waals surface area contributed by atoms with Gasteiger partial charge in [0.15, 0.2) is 9.84 Å². The van der Waals surface area contributed by atoms with Gasteiger partial charge in [0, 0.05) is 11.5 Å². The van der Waals surface area contributed by atoms with Gasteiger partial charge < -0.3 is 9.47 Å². The van der Waals surface area contributed by atoms with Crippen LogP contribution in [0.3, 0.4) is 0 Å². The molecule has 0 spiro atoms. The predicted molar refractivity (Wildman–Crippen MR) is 66.1 cm³/mol. The van der Waals surface area contributed by atoms with Crippen LogP contribution in [0.4, 0.5) is 13.2 Å². The van der Waals surface area contributed by atoms with E-state index in [9.17, 15) is 26.4 Å². The summed E-state index contributed by atoms with van der Waals surface area (Å²) in [4.78, 5) is 10.7. The van der Waals surface area contributed by atoms with E-state index >= 15 is 0 Å². The fourth-order valence-electron chi connectivity index (χ4n) is 1.25. The Labute approximate surface area is 118 Å². The molecule has 1 rings (SSSR count). The van der Waals surface area contributed by atoms with Crippen molar-refractivity contribution in [1.82, 2.24) is 0 Å². The van der Waals surface area contributed by atoms with Crippen LogP contribution in [-0.2, 0) is 19.4 Å². The molecule has 0 aliphatic heterocycles. The van der Waals surface area contributed by atoms with Gasteiger partial charge >= 0.3 is 12.3 Å². The first-order valence-corrected chi connectivity index (χ1v) is 7.14. The van der Waals surface area contributed by atoms with E-state index in [1.54, 1.807) is 6.92 Å². The molecule has 0 amide bonds. The number of ether oxygens (including phenoxy) is 2. The van der Waals surface area contributed by atoms with Gasteiger partial charge in [0.05, 0.1) is 11.5 Å². The van der Waals surface area contributed by atoms with Crippen molar-refractivity contribution in [2.75, 3.05) is 6.61 Å². The van der Waals surface area contributed by atoms with Crippen LogP contribution in [0.25, 0.3) is 0 Å². The van der Waals surface area contributed by atoms with E-state index in [-0.39, 0.29) is 11.5 Å². The molecule has 0 N–H and O–H groups in total. The molecule has 0 heterocycles. The second-order valence-electron chi connectivity index (χ2n) is 3.62. The fourth-order valence-corrected chi connectivity index (χ4v) is 2.21. The van der Waals surface area contributed by atoms with Crippen molar-refractivity contribution in [2.24, 2.45) is 0 Å². The van der Waals surface area contributed by atoms with Crippen molar-refractivity contribution in [1.29, 1.82) is 0 Å². The normalized spacial score (nSPS) is 12.4. The Kier molecular flexibility index (Phi) is 5.36. The Balaban J connectivity index is 2.88. The molecule has 0 saturated carbocycles. The van der Waals surface area contributed by atoms with Crippen LogP contribution in [0, 0.1) is 0 Å². The largest absolute Gasteiger partial charge is 0.573 e. The third-order valence-electron chi connectivity index (χ3n) is 2.06. The van der Waals surface area contributed by atoms with Crippen LogP contribution in [0.5, 0.6) is 5.75 Å². The van der Waals surface area contributed by atoms with Gasteiger partial charge in [-0.15, -0.1) is 13.2 Å². The van der Waals surface area contributed by atoms with Crippen LogP contribution >= 0.6 is 0 Å². The lowest BCUT2D eigenvalue weighted by molar-refractivity contribution is -0.274. The first-order chi connectivity index (χ1) is 9.64. The maximum atomic E-state index is 12.0. The summed E-state index contributed by atoms with van der Waals surface area (Å²) in [7, 11) is -3.95. The molecule has 0 fully saturated rings. The summed E-state index contributed by atoms with van der Waals surface area (Å²) in [5.74, 6) is -1.38. The standard InChI is InChI=1S/C12H11F3O5S/c1-2-19-11(16)7-8-21(17,18)10-5-3-9(4-6-10)20-12(13,14)15/h3-8H,2H2,1H3/b8-7-. The second-order valence-corrected chi connectivity index (χ2v) is 5.45. The highest BCUT2D eigenvalue weighted by atomic mass is 32.2. The average molecular weight is 324 g/mol. The maximum Gasteiger partial charge on any atom is 0.573 e. The fraction of sp³-hybridized carbons (Fsp3) is 0.250. The van der Waals surface area contributed by atoms with Gasteiger partial charge in [-0.1, -0.05) is 0 Å². The van der Waals surface area contributed by atoms with E-state index in [0.717, 1.165) is 30.3 Å². The van der Waals surface area contributed by atoms with Crippen molar-refractivity contribution in [2.45, 2.75) is 18.2 Å². The zero-order chi connectivity index (χ0) is 16.1. The second kappa shape index (κ2) is 6.61. The predicted octanol–water partition coefficient (Wildman–Crippen LogP) is 2.44. The first kappa shape index (κ1) is 17.0. The molecule has 0 atom stereocenters. The third kappa shape index (κ3) is 5.86. The summed E-state index contributed by atoms with van der Waals surface area (Å²) >= 11 is 0. The van der Waals surface area contributed by atoms with E-state index in [4.69, 9.17) is 0 Å². The van der Waals surface area contributed by atoms with Crippen LogP contribution in [-0.4, -0.2) is 27.4 Å². The number of benzene rings is 1. The van der Waals surface area contributed by atoms with Crippen LogP contribution in [0.15, 0.2) is 40.6 Å². The smallest absolute Gasteiger partial charge is 0.463 e. The molecule has 0 unspecified atom stereocenters. The Morgan fingerprint density at radius 3 is 2.29 bits per heavy atom. The molecule has 0 saturated heterocycles. The average Bonchev–Trinajstić information content (AvgIpc) is 2.36. The molecule has 0 aliphatic carbocycles. The molecular formula is C12H11F3O5S. The van der Waals surface area contributed by atoms with Crippen molar-refractivity contribution in [3.8, 4) is 5.75 Å². The highest BCUT2D eigenvalue weighted by Gasteiger charge is 2.31. The number of carbonyl (C=O) groups is 1. The summed E-state index contributed by atoms with van der Waals surface area (Å²) in [5.41, 5.74) is 0. The Morgan fingerprint density at radius 1 is 1.24 bits per heavy atom. The highest BCUT2D eigenvalue weighted by Crippen LogP contribution is 2.24. The molecule has 0 aliphatic rings. The Morgan fingerprint density at radius 2 is 1.81 bits per heavy atom. The summed E-state index contributed by atoms with van der Waals surface area (Å²) in [6.07, 6.45) is -4.14. The SMILES string of the molecule is CCOC(=O)/C=C\S(=O)(=O)c1ccc(OC(F)(F)F)cc1. The Hall–Kier alpha value is -2.03. The lowest BCUT2D eigenvalue weighted by Crippen LogP contribution is -2.17. The molecule has 9 heteroatoms. The van der Waals surface area contributed by atoms with Crippen molar-refractivity contribution in [3.05, 3.63) is 35.7 Å². The molecule has 21 heavy (non-hydrogen) atoms. The van der Waals surface area contributed by atoms with Gasteiger partial charge in [0.25, 0.3) is 0 Å². The highest BCUT2D eigenvalue weighted by molar-refractivity contribution is 7.94. The summed E-state index contributed by atoms with van der Waals surface area (Å²) in [5, 5.41) is 0.616. The summed E-state index contributed by atoms with van der Waals surface area (Å²) in [6, 6.07) is 3.59. The molecular weight excluding hydrogens is 313 g/mol. The van der Waals surface area contributed by atoms with E-state index in [1.165, 1.54) is 0 Å². The molecule has 0 radical (unpaired) electrons. The van der Waals surface area contributed by atoms with Gasteiger partial charge in [0.1, 0.15) is 5.75 Å². The number of hydrogen-bond acceptors (Lipinski definition) is 5. The lowest BCUT2D eigenvalue weighted by atomic mass is 10.3. The van der Waals surface area contributed by atoms with Crippen LogP contribution in [0.2, 0.25) is 0 Å². The molecule has 0 aromatic heterocycles. The van der Waals surface area contributed by atoms with Crippen molar-refractivity contribution >= 4 is 15.8 Å². The van der Waals surface area contributed by atoms with Gasteiger partial charge in [0.2, 0.25) is 0 Å². The number of halogens is 3. The zero-order valence-corrected chi connectivity index (χ0v) is 11.6. The van der Waals surface area contributed by atoms with Crippen LogP contribution in [0.1, 0.15) is 6.92 Å². The topological polar surface area (TPSA) is 69.7 Å². The van der Waals surface area contributed by atoms with Crippen molar-refractivity contribution in [3.63, 3.8) is 0 Å². The summed E-state index contributed by atoms with van der Waals surface area (Å²) in [6.45, 7) is 1.65. The number of hydrogen-bond donors (Lipinski definition) is 0. The van der Waals surface area contributed by atoms with E-state index in [2.05, 4.69) is 9.47 Å². The van der Waals surface area contributed by atoms with Crippen LogP contribution < -0.4 is 4.74 Å². The first-order valence-electron chi connectivity index (χ1n) is 5.60. The minimum atomic E-state index is -4.86. The van der Waals surface area contributed by atoms with Crippen molar-refractivity contribution < 1.29 is 35.9 Å². The number of carbonyl (C=O) groups excluding carboxylic acids is 1. The number of rotatable bonds is 5. The quantitative estimate of drug-likeness (QED) is 0.614. The number of esters is 1. The minimum absolute atomic E-state index is 0.0900. The molecule has 1 aromatic rings. The number of sulfone groups is 1.